The predicted octanol–water partition coefficient (Wildman–Crippen LogP) is 4.44. The molecule has 0 unspecified atom stereocenters. The third-order valence-corrected chi connectivity index (χ3v) is 5.66. The molecule has 0 saturated carbocycles. The number of tetrazole rings is 1. The summed E-state index contributed by atoms with van der Waals surface area (Å²) in [5.74, 6) is -0.816. The van der Waals surface area contributed by atoms with Gasteiger partial charge in [0.15, 0.2) is 0 Å². The Bertz CT molecular complexity index is 1350. The summed E-state index contributed by atoms with van der Waals surface area (Å²) in [6.07, 6.45) is -0.0294. The maximum absolute atomic E-state index is 14.1. The minimum Gasteiger partial charge on any atom is -0.481 e. The molecule has 2 aromatic heterocycles. The van der Waals surface area contributed by atoms with Gasteiger partial charge in [0.05, 0.1) is 7.11 Å². The van der Waals surface area contributed by atoms with E-state index < -0.39 is 29.9 Å². The average molecular weight is 499 g/mol. The van der Waals surface area contributed by atoms with Gasteiger partial charge in [-0.15, -0.1) is 10.2 Å². The number of carbonyl (C=O) groups excluding carboxylic acids is 1. The van der Waals surface area contributed by atoms with Crippen LogP contribution in [0.1, 0.15) is 11.6 Å². The average Bonchev–Trinajstić information content (AvgIpc) is 3.43. The first-order valence-electron chi connectivity index (χ1n) is 10.4. The molecule has 2 aromatic carbocycles. The van der Waals surface area contributed by atoms with E-state index in [0.717, 1.165) is 18.2 Å². The minimum atomic E-state index is -0.879. The minimum absolute atomic E-state index is 0.0186. The Morgan fingerprint density at radius 3 is 2.49 bits per heavy atom. The van der Waals surface area contributed by atoms with Crippen LogP contribution >= 0.6 is 11.6 Å². The highest BCUT2D eigenvalue weighted by Crippen LogP contribution is 2.39. The summed E-state index contributed by atoms with van der Waals surface area (Å²) in [6, 6.07) is 12.1. The number of hydrogen-bond acceptors (Lipinski definition) is 7. The van der Waals surface area contributed by atoms with Crippen LogP contribution in [0.25, 0.3) is 11.4 Å². The quantitative estimate of drug-likeness (QED) is 0.388. The second kappa shape index (κ2) is 9.26. The van der Waals surface area contributed by atoms with Crippen molar-refractivity contribution in [2.75, 3.05) is 12.0 Å². The molecule has 178 valence electrons. The van der Waals surface area contributed by atoms with Crippen molar-refractivity contribution >= 4 is 23.4 Å². The molecule has 0 radical (unpaired) electrons. The fourth-order valence-corrected chi connectivity index (χ4v) is 4.00. The standard InChI is InChI=1S/C23H17ClF2N6O3/c1-34-20-7-2-13(11-27-20)22-28-30-31(29-22)12-19-21(14-8-16(25)10-17(26)9-14)32(23(33)35-19)18-5-3-15(24)4-6-18/h2-11,19,21H,12H2,1H3/t19-,21-/m0/s1. The highest BCUT2D eigenvalue weighted by molar-refractivity contribution is 6.30. The lowest BCUT2D eigenvalue weighted by atomic mass is 9.99. The molecule has 0 N–H and O–H groups in total. The molecule has 1 amide bonds. The Labute approximate surface area is 202 Å². The zero-order valence-corrected chi connectivity index (χ0v) is 18.9. The van der Waals surface area contributed by atoms with Crippen LogP contribution in [0.3, 0.4) is 0 Å². The number of cyclic esters (lactones) is 1. The van der Waals surface area contributed by atoms with E-state index in [2.05, 4.69) is 20.4 Å². The van der Waals surface area contributed by atoms with E-state index in [1.54, 1.807) is 36.4 Å². The summed E-state index contributed by atoms with van der Waals surface area (Å²) < 4.78 is 38.9. The number of amides is 1. The van der Waals surface area contributed by atoms with Gasteiger partial charge in [0.2, 0.25) is 11.7 Å². The topological polar surface area (TPSA) is 95.3 Å². The zero-order valence-electron chi connectivity index (χ0n) is 18.2. The maximum Gasteiger partial charge on any atom is 0.415 e. The molecule has 1 saturated heterocycles. The van der Waals surface area contributed by atoms with Crippen LogP contribution in [0.2, 0.25) is 5.02 Å². The normalized spacial score (nSPS) is 17.5. The Balaban J connectivity index is 1.48. The third kappa shape index (κ3) is 4.62. The number of carbonyl (C=O) groups is 1. The van der Waals surface area contributed by atoms with Crippen LogP contribution in [0.4, 0.5) is 19.3 Å². The first kappa shape index (κ1) is 22.7. The molecular formula is C23H17ClF2N6O3. The molecule has 5 rings (SSSR count). The van der Waals surface area contributed by atoms with Crippen LogP contribution in [-0.4, -0.2) is 44.5 Å². The van der Waals surface area contributed by atoms with Crippen LogP contribution in [0.15, 0.2) is 60.8 Å². The SMILES string of the molecule is COc1ccc(-c2nnn(C[C@@H]3OC(=O)N(c4ccc(Cl)cc4)[C@H]3c3cc(F)cc(F)c3)n2)cn1. The van der Waals surface area contributed by atoms with Crippen molar-refractivity contribution < 1.29 is 23.0 Å². The molecular weight excluding hydrogens is 482 g/mol. The number of nitrogens with zero attached hydrogens (tertiary/aromatic N) is 6. The number of anilines is 1. The molecule has 3 heterocycles. The summed E-state index contributed by atoms with van der Waals surface area (Å²) in [6.45, 7) is -0.0186. The summed E-state index contributed by atoms with van der Waals surface area (Å²) in [4.78, 5) is 19.6. The van der Waals surface area contributed by atoms with Gasteiger partial charge in [-0.2, -0.15) is 4.80 Å². The number of ether oxygens (including phenoxy) is 2. The Hall–Kier alpha value is -4.12. The number of pyridine rings is 1. The molecule has 1 aliphatic heterocycles. The van der Waals surface area contributed by atoms with E-state index in [0.29, 0.717) is 28.0 Å². The molecule has 1 aliphatic rings. The lowest BCUT2D eigenvalue weighted by Crippen LogP contribution is -2.31. The first-order valence-corrected chi connectivity index (χ1v) is 10.8. The van der Waals surface area contributed by atoms with Gasteiger partial charge in [0, 0.05) is 34.6 Å². The van der Waals surface area contributed by atoms with Crippen molar-refractivity contribution in [1.29, 1.82) is 0 Å². The van der Waals surface area contributed by atoms with Gasteiger partial charge in [-0.05, 0) is 53.2 Å². The summed E-state index contributed by atoms with van der Waals surface area (Å²) in [7, 11) is 1.51. The third-order valence-electron chi connectivity index (χ3n) is 5.41. The van der Waals surface area contributed by atoms with Crippen molar-refractivity contribution in [3.63, 3.8) is 0 Å². The smallest absolute Gasteiger partial charge is 0.415 e. The van der Waals surface area contributed by atoms with Crippen LogP contribution < -0.4 is 9.64 Å². The number of aromatic nitrogens is 5. The Morgan fingerprint density at radius 1 is 1.09 bits per heavy atom. The van der Waals surface area contributed by atoms with Gasteiger partial charge < -0.3 is 9.47 Å². The van der Waals surface area contributed by atoms with Crippen molar-refractivity contribution in [2.24, 2.45) is 0 Å². The van der Waals surface area contributed by atoms with Crippen LogP contribution in [0, 0.1) is 11.6 Å². The van der Waals surface area contributed by atoms with Crippen molar-refractivity contribution in [3.05, 3.63) is 83.0 Å². The zero-order chi connectivity index (χ0) is 24.5. The molecule has 9 nitrogen and oxygen atoms in total. The highest BCUT2D eigenvalue weighted by Gasteiger charge is 2.44. The molecule has 2 atom stereocenters. The van der Waals surface area contributed by atoms with Crippen LogP contribution in [-0.2, 0) is 11.3 Å². The molecule has 4 aromatic rings. The number of rotatable bonds is 6. The number of hydrogen-bond donors (Lipinski definition) is 0. The number of halogens is 3. The van der Waals surface area contributed by atoms with Gasteiger partial charge in [0.1, 0.15) is 30.3 Å². The fourth-order valence-electron chi connectivity index (χ4n) is 3.88. The van der Waals surface area contributed by atoms with E-state index in [9.17, 15) is 13.6 Å². The van der Waals surface area contributed by atoms with E-state index >= 15 is 0 Å². The Kier molecular flexibility index (Phi) is 6.00. The Morgan fingerprint density at radius 2 is 1.83 bits per heavy atom. The van der Waals surface area contributed by atoms with Gasteiger partial charge in [0.25, 0.3) is 0 Å². The lowest BCUT2D eigenvalue weighted by molar-refractivity contribution is 0.114. The van der Waals surface area contributed by atoms with Gasteiger partial charge in [-0.1, -0.05) is 11.6 Å². The van der Waals surface area contributed by atoms with E-state index in [1.165, 1.54) is 23.0 Å². The second-order valence-corrected chi connectivity index (χ2v) is 8.11. The molecule has 35 heavy (non-hydrogen) atoms. The van der Waals surface area contributed by atoms with Gasteiger partial charge in [-0.3, -0.25) is 4.90 Å². The molecule has 0 bridgehead atoms. The highest BCUT2D eigenvalue weighted by atomic mass is 35.5. The number of methoxy groups -OCH3 is 1. The van der Waals surface area contributed by atoms with Crippen molar-refractivity contribution in [3.8, 4) is 17.3 Å². The predicted molar refractivity (Wildman–Crippen MR) is 121 cm³/mol. The first-order chi connectivity index (χ1) is 16.9. The summed E-state index contributed by atoms with van der Waals surface area (Å²) >= 11 is 5.98. The van der Waals surface area contributed by atoms with Crippen molar-refractivity contribution in [2.45, 2.75) is 18.7 Å². The molecule has 0 spiro atoms. The van der Waals surface area contributed by atoms with E-state index in [-0.39, 0.29) is 12.1 Å². The lowest BCUT2D eigenvalue weighted by Gasteiger charge is -2.25. The molecule has 12 heteroatoms. The van der Waals surface area contributed by atoms with E-state index in [1.807, 2.05) is 0 Å². The van der Waals surface area contributed by atoms with Gasteiger partial charge >= 0.3 is 6.09 Å². The second-order valence-electron chi connectivity index (χ2n) is 7.67. The monoisotopic (exact) mass is 498 g/mol. The maximum atomic E-state index is 14.1. The largest absolute Gasteiger partial charge is 0.481 e. The summed E-state index contributed by atoms with van der Waals surface area (Å²) in [5, 5.41) is 12.9. The van der Waals surface area contributed by atoms with E-state index in [4.69, 9.17) is 21.1 Å². The number of benzene rings is 2. The summed E-state index contributed by atoms with van der Waals surface area (Å²) in [5.41, 5.74) is 1.27. The fraction of sp³-hybridized carbons (Fsp3) is 0.174. The van der Waals surface area contributed by atoms with Crippen LogP contribution in [0.5, 0.6) is 5.88 Å². The van der Waals surface area contributed by atoms with Gasteiger partial charge in [-0.25, -0.2) is 18.6 Å². The molecule has 1 fully saturated rings. The van der Waals surface area contributed by atoms with Crippen molar-refractivity contribution in [1.82, 2.24) is 25.2 Å². The molecule has 0 aliphatic carbocycles.